The fraction of sp³-hybridized carbons (Fsp3) is 0.700. The van der Waals surface area contributed by atoms with Gasteiger partial charge in [0.05, 0.1) is 26.4 Å². The van der Waals surface area contributed by atoms with E-state index in [2.05, 4.69) is 16.6 Å². The summed E-state index contributed by atoms with van der Waals surface area (Å²) in [6, 6.07) is 0. The summed E-state index contributed by atoms with van der Waals surface area (Å²) in [4.78, 5) is 10.7. The number of hydrogen-bond donors (Lipinski definition) is 0. The molecule has 4 nitrogen and oxygen atoms in total. The van der Waals surface area contributed by atoms with Crippen LogP contribution in [0.5, 0.6) is 0 Å². The third-order valence-electron chi connectivity index (χ3n) is 1.27. The van der Waals surface area contributed by atoms with Crippen molar-refractivity contribution in [1.82, 2.24) is 0 Å². The van der Waals surface area contributed by atoms with Gasteiger partial charge in [0.25, 0.3) is 0 Å². The highest BCUT2D eigenvalue weighted by Crippen LogP contribution is 1.82. The minimum Gasteiger partial charge on any atom is -0.456 e. The SMILES string of the molecule is CCOC(=O)C#CCCOCCOC. The molecule has 0 rings (SSSR count). The van der Waals surface area contributed by atoms with Gasteiger partial charge in [-0.05, 0) is 6.92 Å². The van der Waals surface area contributed by atoms with Crippen LogP contribution < -0.4 is 0 Å². The zero-order valence-corrected chi connectivity index (χ0v) is 8.67. The molecule has 0 aliphatic rings. The first-order chi connectivity index (χ1) is 6.81. The molecule has 0 fully saturated rings. The predicted molar refractivity (Wildman–Crippen MR) is 51.7 cm³/mol. The fourth-order valence-corrected chi connectivity index (χ4v) is 0.669. The second kappa shape index (κ2) is 10.0. The van der Waals surface area contributed by atoms with E-state index < -0.39 is 5.97 Å². The van der Waals surface area contributed by atoms with E-state index in [1.165, 1.54) is 0 Å². The molecule has 0 heterocycles. The molecule has 0 saturated heterocycles. The van der Waals surface area contributed by atoms with Gasteiger partial charge in [0, 0.05) is 19.5 Å². The lowest BCUT2D eigenvalue weighted by atomic mass is 10.4. The monoisotopic (exact) mass is 200 g/mol. The highest BCUT2D eigenvalue weighted by Gasteiger charge is 1.91. The maximum Gasteiger partial charge on any atom is 0.384 e. The first-order valence-corrected chi connectivity index (χ1v) is 4.53. The summed E-state index contributed by atoms with van der Waals surface area (Å²) in [5, 5.41) is 0. The minimum absolute atomic E-state index is 0.359. The van der Waals surface area contributed by atoms with E-state index in [0.717, 1.165) is 0 Å². The van der Waals surface area contributed by atoms with Crippen molar-refractivity contribution in [2.45, 2.75) is 13.3 Å². The number of ether oxygens (including phenoxy) is 3. The molecule has 0 unspecified atom stereocenters. The van der Waals surface area contributed by atoms with Crippen molar-refractivity contribution in [1.29, 1.82) is 0 Å². The topological polar surface area (TPSA) is 44.8 Å². The Morgan fingerprint density at radius 1 is 1.29 bits per heavy atom. The molecule has 0 aliphatic carbocycles. The molecule has 0 aromatic rings. The molecule has 0 saturated carbocycles. The van der Waals surface area contributed by atoms with E-state index in [1.807, 2.05) is 0 Å². The number of rotatable bonds is 6. The van der Waals surface area contributed by atoms with Crippen molar-refractivity contribution >= 4 is 5.97 Å². The first-order valence-electron chi connectivity index (χ1n) is 4.53. The van der Waals surface area contributed by atoms with E-state index >= 15 is 0 Å². The second-order valence-corrected chi connectivity index (χ2v) is 2.38. The Hall–Kier alpha value is -1.05. The Morgan fingerprint density at radius 2 is 2.07 bits per heavy atom. The summed E-state index contributed by atoms with van der Waals surface area (Å²) in [6.07, 6.45) is 0.530. The Balaban J connectivity index is 3.29. The van der Waals surface area contributed by atoms with Gasteiger partial charge >= 0.3 is 5.97 Å². The van der Waals surface area contributed by atoms with Crippen molar-refractivity contribution in [2.75, 3.05) is 33.5 Å². The smallest absolute Gasteiger partial charge is 0.384 e. The quantitative estimate of drug-likeness (QED) is 0.273. The lowest BCUT2D eigenvalue weighted by Gasteiger charge is -1.98. The van der Waals surface area contributed by atoms with Gasteiger partial charge < -0.3 is 14.2 Å². The minimum atomic E-state index is -0.482. The van der Waals surface area contributed by atoms with Crippen molar-refractivity contribution in [2.24, 2.45) is 0 Å². The van der Waals surface area contributed by atoms with Crippen LogP contribution in [-0.4, -0.2) is 39.5 Å². The molecular formula is C10H16O4. The van der Waals surface area contributed by atoms with E-state index in [-0.39, 0.29) is 0 Å². The van der Waals surface area contributed by atoms with Crippen molar-refractivity contribution < 1.29 is 19.0 Å². The molecule has 0 aliphatic heterocycles. The molecule has 0 atom stereocenters. The van der Waals surface area contributed by atoms with Gasteiger partial charge in [-0.15, -0.1) is 0 Å². The standard InChI is InChI=1S/C10H16O4/c1-3-14-10(11)6-4-5-7-13-9-8-12-2/h3,5,7-9H2,1-2H3. The van der Waals surface area contributed by atoms with E-state index in [0.29, 0.717) is 32.8 Å². The van der Waals surface area contributed by atoms with Gasteiger partial charge in [-0.2, -0.15) is 0 Å². The molecule has 4 heteroatoms. The molecule has 80 valence electrons. The van der Waals surface area contributed by atoms with Gasteiger partial charge in [-0.1, -0.05) is 5.92 Å². The van der Waals surface area contributed by atoms with Gasteiger partial charge in [0.1, 0.15) is 0 Å². The van der Waals surface area contributed by atoms with Crippen LogP contribution in [0.2, 0.25) is 0 Å². The van der Waals surface area contributed by atoms with Crippen LogP contribution in [0.25, 0.3) is 0 Å². The zero-order chi connectivity index (χ0) is 10.6. The Bertz CT molecular complexity index is 202. The molecule has 14 heavy (non-hydrogen) atoms. The van der Waals surface area contributed by atoms with Crippen LogP contribution >= 0.6 is 0 Å². The maximum absolute atomic E-state index is 10.7. The highest BCUT2D eigenvalue weighted by molar-refractivity contribution is 5.88. The van der Waals surface area contributed by atoms with E-state index in [9.17, 15) is 4.79 Å². The Morgan fingerprint density at radius 3 is 2.71 bits per heavy atom. The van der Waals surface area contributed by atoms with E-state index in [4.69, 9.17) is 9.47 Å². The lowest BCUT2D eigenvalue weighted by Crippen LogP contribution is -2.03. The van der Waals surface area contributed by atoms with Crippen LogP contribution in [0.15, 0.2) is 0 Å². The first kappa shape index (κ1) is 12.9. The highest BCUT2D eigenvalue weighted by atomic mass is 16.5. The Labute approximate surface area is 84.5 Å². The van der Waals surface area contributed by atoms with Crippen LogP contribution in [0.3, 0.4) is 0 Å². The Kier molecular flexibility index (Phi) is 9.28. The summed E-state index contributed by atoms with van der Waals surface area (Å²) in [5.74, 6) is 4.53. The number of esters is 1. The van der Waals surface area contributed by atoms with Crippen LogP contribution in [-0.2, 0) is 19.0 Å². The van der Waals surface area contributed by atoms with Crippen molar-refractivity contribution in [3.8, 4) is 11.8 Å². The van der Waals surface area contributed by atoms with Gasteiger partial charge in [-0.3, -0.25) is 0 Å². The lowest BCUT2D eigenvalue weighted by molar-refractivity contribution is -0.136. The summed E-state index contributed by atoms with van der Waals surface area (Å²) >= 11 is 0. The molecular weight excluding hydrogens is 184 g/mol. The number of hydrogen-bond acceptors (Lipinski definition) is 4. The van der Waals surface area contributed by atoms with Crippen LogP contribution in [0, 0.1) is 11.8 Å². The van der Waals surface area contributed by atoms with E-state index in [1.54, 1.807) is 14.0 Å². The second-order valence-electron chi connectivity index (χ2n) is 2.38. The largest absolute Gasteiger partial charge is 0.456 e. The molecule has 0 bridgehead atoms. The average Bonchev–Trinajstić information content (AvgIpc) is 2.17. The molecule has 0 N–H and O–H groups in total. The summed E-state index contributed by atoms with van der Waals surface area (Å²) in [7, 11) is 1.61. The third kappa shape index (κ3) is 9.04. The van der Waals surface area contributed by atoms with Crippen molar-refractivity contribution in [3.63, 3.8) is 0 Å². The fourth-order valence-electron chi connectivity index (χ4n) is 0.669. The molecule has 0 aromatic heterocycles. The molecule has 0 aromatic carbocycles. The van der Waals surface area contributed by atoms with Crippen LogP contribution in [0.1, 0.15) is 13.3 Å². The third-order valence-corrected chi connectivity index (χ3v) is 1.27. The van der Waals surface area contributed by atoms with Crippen LogP contribution in [0.4, 0.5) is 0 Å². The molecule has 0 amide bonds. The molecule has 0 spiro atoms. The maximum atomic E-state index is 10.7. The van der Waals surface area contributed by atoms with Crippen molar-refractivity contribution in [3.05, 3.63) is 0 Å². The number of carbonyl (C=O) groups is 1. The molecule has 0 radical (unpaired) electrons. The predicted octanol–water partition coefficient (Wildman–Crippen LogP) is 0.606. The summed E-state index contributed by atoms with van der Waals surface area (Å²) < 4.78 is 14.5. The normalized spacial score (nSPS) is 9.00. The average molecular weight is 200 g/mol. The van der Waals surface area contributed by atoms with Gasteiger partial charge in [-0.25, -0.2) is 4.79 Å². The van der Waals surface area contributed by atoms with Gasteiger partial charge in [0.15, 0.2) is 0 Å². The number of carbonyl (C=O) groups excluding carboxylic acids is 1. The summed E-state index contributed by atoms with van der Waals surface area (Å²) in [6.45, 7) is 3.74. The van der Waals surface area contributed by atoms with Gasteiger partial charge in [0.2, 0.25) is 0 Å². The summed E-state index contributed by atoms with van der Waals surface area (Å²) in [5.41, 5.74) is 0. The number of methoxy groups -OCH3 is 1. The zero-order valence-electron chi connectivity index (χ0n) is 8.67.